The van der Waals surface area contributed by atoms with E-state index >= 15 is 0 Å². The Balaban J connectivity index is 1.67. The molecule has 0 aliphatic carbocycles. The van der Waals surface area contributed by atoms with Crippen LogP contribution in [0.25, 0.3) is 0 Å². The van der Waals surface area contributed by atoms with Crippen LogP contribution < -0.4 is 14.8 Å². The molecule has 10 heteroatoms. The number of sulfonamides is 1. The number of hydrogen-bond donors (Lipinski definition) is 3. The van der Waals surface area contributed by atoms with Crippen molar-refractivity contribution in [1.82, 2.24) is 10.0 Å². The molecule has 1 aromatic heterocycles. The number of rotatable bonds is 7. The Bertz CT molecular complexity index is 924. The summed E-state index contributed by atoms with van der Waals surface area (Å²) in [6, 6.07) is 6.63. The predicted octanol–water partition coefficient (Wildman–Crippen LogP) is 0.903. The van der Waals surface area contributed by atoms with E-state index in [2.05, 4.69) is 10.0 Å². The van der Waals surface area contributed by atoms with Crippen molar-refractivity contribution >= 4 is 33.2 Å². The van der Waals surface area contributed by atoms with Gasteiger partial charge in [0.15, 0.2) is 6.04 Å². The largest absolute Gasteiger partial charge is 0.493 e. The highest BCUT2D eigenvalue weighted by molar-refractivity contribution is 7.91. The van der Waals surface area contributed by atoms with Crippen molar-refractivity contribution in [3.8, 4) is 5.75 Å². The number of amides is 1. The summed E-state index contributed by atoms with van der Waals surface area (Å²) in [7, 11) is -3.80. The number of carbonyl (C=O) groups is 2. The average Bonchev–Trinajstić information content (AvgIpc) is 3.28. The number of carboxylic acid groups (broad SMARTS) is 1. The lowest BCUT2D eigenvalue weighted by molar-refractivity contribution is -0.141. The first-order valence-corrected chi connectivity index (χ1v) is 10.0. The molecule has 2 aromatic rings. The number of thiophene rings is 1. The minimum absolute atomic E-state index is 0.0821. The molecule has 1 unspecified atom stereocenters. The molecule has 0 saturated carbocycles. The monoisotopic (exact) mass is 396 g/mol. The van der Waals surface area contributed by atoms with Crippen LogP contribution in [0.3, 0.4) is 0 Å². The van der Waals surface area contributed by atoms with Gasteiger partial charge in [0.05, 0.1) is 13.2 Å². The molecular weight excluding hydrogens is 380 g/mol. The van der Waals surface area contributed by atoms with E-state index in [-0.39, 0.29) is 4.21 Å². The van der Waals surface area contributed by atoms with Crippen LogP contribution in [0.2, 0.25) is 0 Å². The van der Waals surface area contributed by atoms with E-state index in [1.807, 2.05) is 0 Å². The molecule has 138 valence electrons. The summed E-state index contributed by atoms with van der Waals surface area (Å²) >= 11 is 1.02. The molecule has 0 bridgehead atoms. The normalized spacial score (nSPS) is 14.3. The van der Waals surface area contributed by atoms with Crippen molar-refractivity contribution in [2.45, 2.75) is 16.7 Å². The van der Waals surface area contributed by atoms with Crippen LogP contribution in [-0.2, 0) is 26.0 Å². The third-order valence-electron chi connectivity index (χ3n) is 3.78. The van der Waals surface area contributed by atoms with Gasteiger partial charge in [-0.05, 0) is 34.7 Å². The summed E-state index contributed by atoms with van der Waals surface area (Å²) in [5.41, 5.74) is 1.28. The first-order chi connectivity index (χ1) is 12.4. The lowest BCUT2D eigenvalue weighted by atomic mass is 10.0. The van der Waals surface area contributed by atoms with Gasteiger partial charge in [-0.15, -0.1) is 11.3 Å². The summed E-state index contributed by atoms with van der Waals surface area (Å²) in [4.78, 5) is 23.6. The lowest BCUT2D eigenvalue weighted by Crippen LogP contribution is -2.40. The van der Waals surface area contributed by atoms with Gasteiger partial charge in [-0.3, -0.25) is 4.79 Å². The van der Waals surface area contributed by atoms with Crippen molar-refractivity contribution in [1.29, 1.82) is 0 Å². The molecule has 0 spiro atoms. The highest BCUT2D eigenvalue weighted by Crippen LogP contribution is 2.28. The van der Waals surface area contributed by atoms with Gasteiger partial charge in [-0.25, -0.2) is 17.9 Å². The van der Waals surface area contributed by atoms with Crippen LogP contribution >= 0.6 is 11.3 Å². The molecular formula is C16H16N2O6S2. The maximum atomic E-state index is 12.1. The number of hydrogen-bond acceptors (Lipinski definition) is 6. The molecule has 2 heterocycles. The molecule has 1 aliphatic rings. The maximum Gasteiger partial charge on any atom is 0.330 e. The average molecular weight is 396 g/mol. The second-order valence-corrected chi connectivity index (χ2v) is 8.50. The number of nitrogens with one attached hydrogen (secondary N) is 2. The molecule has 3 N–H and O–H groups in total. The number of carboxylic acids is 1. The molecule has 1 atom stereocenters. The van der Waals surface area contributed by atoms with E-state index in [4.69, 9.17) is 4.74 Å². The van der Waals surface area contributed by atoms with Crippen molar-refractivity contribution in [2.24, 2.45) is 0 Å². The van der Waals surface area contributed by atoms with Gasteiger partial charge in [0, 0.05) is 6.42 Å². The fourth-order valence-electron chi connectivity index (χ4n) is 2.53. The molecule has 3 rings (SSSR count). The second kappa shape index (κ2) is 7.44. The Kier molecular flexibility index (Phi) is 5.25. The fraction of sp³-hybridized carbons (Fsp3) is 0.250. The van der Waals surface area contributed by atoms with E-state index in [0.29, 0.717) is 24.3 Å². The highest BCUT2D eigenvalue weighted by Gasteiger charge is 2.25. The van der Waals surface area contributed by atoms with E-state index < -0.39 is 34.5 Å². The zero-order valence-electron chi connectivity index (χ0n) is 13.5. The second-order valence-electron chi connectivity index (χ2n) is 5.56. The third kappa shape index (κ3) is 4.03. The van der Waals surface area contributed by atoms with Crippen molar-refractivity contribution in [3.05, 3.63) is 46.8 Å². The lowest BCUT2D eigenvalue weighted by Gasteiger charge is -2.16. The van der Waals surface area contributed by atoms with E-state index in [0.717, 1.165) is 16.9 Å². The standard InChI is InChI=1S/C16H16N2O6S2/c19-13(9-17-26(22,23)14-2-1-7-25-14)18-15(16(20)21)11-3-4-12-10(8-11)5-6-24-12/h1-4,7-8,15,17H,5-6,9H2,(H,18,19)(H,20,21). The smallest absolute Gasteiger partial charge is 0.330 e. The fourth-order valence-corrected chi connectivity index (χ4v) is 4.55. The molecule has 1 aliphatic heterocycles. The van der Waals surface area contributed by atoms with Crippen LogP contribution in [-0.4, -0.2) is 38.6 Å². The summed E-state index contributed by atoms with van der Waals surface area (Å²) in [6.07, 6.45) is 0.671. The van der Waals surface area contributed by atoms with E-state index in [1.165, 1.54) is 6.07 Å². The summed E-state index contributed by atoms with van der Waals surface area (Å²) in [5.74, 6) is -1.28. The van der Waals surface area contributed by atoms with Crippen molar-refractivity contribution in [3.63, 3.8) is 0 Å². The molecule has 1 amide bonds. The minimum Gasteiger partial charge on any atom is -0.493 e. The zero-order valence-corrected chi connectivity index (χ0v) is 15.1. The molecule has 8 nitrogen and oxygen atoms in total. The minimum atomic E-state index is -3.80. The Labute approximate surface area is 153 Å². The third-order valence-corrected chi connectivity index (χ3v) is 6.58. The van der Waals surface area contributed by atoms with Gasteiger partial charge in [0.2, 0.25) is 5.91 Å². The maximum absolute atomic E-state index is 12.1. The van der Waals surface area contributed by atoms with Crippen LogP contribution in [0.4, 0.5) is 0 Å². The van der Waals surface area contributed by atoms with Crippen LogP contribution in [0.5, 0.6) is 5.75 Å². The van der Waals surface area contributed by atoms with Gasteiger partial charge in [0.25, 0.3) is 10.0 Å². The number of ether oxygens (including phenoxy) is 1. The SMILES string of the molecule is O=C(CNS(=O)(=O)c1cccs1)NC(C(=O)O)c1ccc2c(c1)CCO2. The summed E-state index contributed by atoms with van der Waals surface area (Å²) in [6.45, 7) is -0.0224. The predicted molar refractivity (Wildman–Crippen MR) is 93.7 cm³/mol. The number of carbonyl (C=O) groups excluding carboxylic acids is 1. The van der Waals surface area contributed by atoms with Gasteiger partial charge in [-0.1, -0.05) is 12.1 Å². The van der Waals surface area contributed by atoms with Crippen LogP contribution in [0, 0.1) is 0 Å². The van der Waals surface area contributed by atoms with Gasteiger partial charge >= 0.3 is 5.97 Å². The molecule has 26 heavy (non-hydrogen) atoms. The van der Waals surface area contributed by atoms with Gasteiger partial charge < -0.3 is 15.2 Å². The Hall–Kier alpha value is -2.43. The highest BCUT2D eigenvalue weighted by atomic mass is 32.2. The Morgan fingerprint density at radius 1 is 1.31 bits per heavy atom. The molecule has 1 aromatic carbocycles. The molecule has 0 radical (unpaired) electrons. The Morgan fingerprint density at radius 3 is 2.81 bits per heavy atom. The van der Waals surface area contributed by atoms with Gasteiger partial charge in [-0.2, -0.15) is 0 Å². The van der Waals surface area contributed by atoms with Crippen LogP contribution in [0.1, 0.15) is 17.2 Å². The van der Waals surface area contributed by atoms with E-state index in [9.17, 15) is 23.1 Å². The first-order valence-electron chi connectivity index (χ1n) is 7.68. The van der Waals surface area contributed by atoms with E-state index in [1.54, 1.807) is 29.6 Å². The number of aliphatic carboxylic acids is 1. The van der Waals surface area contributed by atoms with Crippen molar-refractivity contribution in [2.75, 3.05) is 13.2 Å². The molecule has 0 fully saturated rings. The summed E-state index contributed by atoms with van der Waals surface area (Å²) < 4.78 is 31.6. The first kappa shape index (κ1) is 18.4. The summed E-state index contributed by atoms with van der Waals surface area (Å²) in [5, 5.41) is 13.4. The van der Waals surface area contributed by atoms with Crippen LogP contribution in [0.15, 0.2) is 39.9 Å². The van der Waals surface area contributed by atoms with Gasteiger partial charge in [0.1, 0.15) is 9.96 Å². The zero-order chi connectivity index (χ0) is 18.7. The Morgan fingerprint density at radius 2 is 2.12 bits per heavy atom. The number of fused-ring (bicyclic) bond motifs is 1. The van der Waals surface area contributed by atoms with Crippen molar-refractivity contribution < 1.29 is 27.9 Å². The topological polar surface area (TPSA) is 122 Å². The quantitative estimate of drug-likeness (QED) is 0.639. The molecule has 0 saturated heterocycles. The number of benzene rings is 1.